The summed E-state index contributed by atoms with van der Waals surface area (Å²) in [5, 5.41) is 19.2. The molecule has 1 heterocycles. The summed E-state index contributed by atoms with van der Waals surface area (Å²) in [4.78, 5) is 24.1. The van der Waals surface area contributed by atoms with E-state index in [0.29, 0.717) is 4.47 Å². The Morgan fingerprint density at radius 3 is 2.73 bits per heavy atom. The lowest BCUT2D eigenvalue weighted by molar-refractivity contribution is -0.385. The van der Waals surface area contributed by atoms with Gasteiger partial charge in [-0.2, -0.15) is 0 Å². The Morgan fingerprint density at radius 1 is 1.67 bits per heavy atom. The first-order valence-electron chi connectivity index (χ1n) is 3.66. The molecular weight excluding hydrogens is 268 g/mol. The molecule has 1 N–H and O–H groups in total. The van der Waals surface area contributed by atoms with Crippen molar-refractivity contribution in [1.29, 1.82) is 0 Å². The molecular formula is C8H5BrN2O4. The maximum atomic E-state index is 10.6. The molecule has 0 aliphatic rings. The number of carboxylic acids is 1. The van der Waals surface area contributed by atoms with Gasteiger partial charge >= 0.3 is 5.97 Å². The first-order valence-corrected chi connectivity index (χ1v) is 4.45. The first-order chi connectivity index (χ1) is 6.93. The molecule has 0 aliphatic heterocycles. The van der Waals surface area contributed by atoms with Gasteiger partial charge in [0.15, 0.2) is 5.69 Å². The van der Waals surface area contributed by atoms with Crippen molar-refractivity contribution in [3.8, 4) is 0 Å². The molecule has 1 rings (SSSR count). The molecule has 0 saturated heterocycles. The number of nitro groups is 1. The second-order valence-electron chi connectivity index (χ2n) is 2.56. The molecule has 0 spiro atoms. The van der Waals surface area contributed by atoms with Crippen molar-refractivity contribution in [2.45, 2.75) is 0 Å². The van der Waals surface area contributed by atoms with E-state index in [1.165, 1.54) is 12.3 Å². The van der Waals surface area contributed by atoms with E-state index in [1.54, 1.807) is 0 Å². The fourth-order valence-electron chi connectivity index (χ4n) is 0.902. The van der Waals surface area contributed by atoms with Crippen LogP contribution in [-0.2, 0) is 4.79 Å². The van der Waals surface area contributed by atoms with Crippen molar-refractivity contribution in [1.82, 2.24) is 4.98 Å². The van der Waals surface area contributed by atoms with Crippen LogP contribution in [0.5, 0.6) is 0 Å². The van der Waals surface area contributed by atoms with Crippen molar-refractivity contribution < 1.29 is 14.8 Å². The molecule has 15 heavy (non-hydrogen) atoms. The van der Waals surface area contributed by atoms with Crippen LogP contribution in [0.15, 0.2) is 23.3 Å². The van der Waals surface area contributed by atoms with Crippen LogP contribution in [0.3, 0.4) is 0 Å². The number of carboxylic acid groups (broad SMARTS) is 1. The molecule has 0 amide bonds. The molecule has 0 atom stereocenters. The largest absolute Gasteiger partial charge is 0.478 e. The van der Waals surface area contributed by atoms with Crippen LogP contribution in [0.25, 0.3) is 5.57 Å². The third-order valence-electron chi connectivity index (χ3n) is 1.57. The number of aliphatic carboxylic acids is 1. The maximum absolute atomic E-state index is 10.6. The summed E-state index contributed by atoms with van der Waals surface area (Å²) in [7, 11) is 0. The molecule has 0 fully saturated rings. The highest BCUT2D eigenvalue weighted by Gasteiger charge is 2.21. The number of pyridine rings is 1. The minimum atomic E-state index is -1.34. The normalized spacial score (nSPS) is 9.67. The third kappa shape index (κ3) is 2.38. The lowest BCUT2D eigenvalue weighted by Gasteiger charge is -2.01. The van der Waals surface area contributed by atoms with Gasteiger partial charge in [-0.1, -0.05) is 6.58 Å². The van der Waals surface area contributed by atoms with E-state index in [9.17, 15) is 14.9 Å². The van der Waals surface area contributed by atoms with Crippen molar-refractivity contribution in [2.75, 3.05) is 0 Å². The molecule has 0 unspecified atom stereocenters. The Bertz CT molecular complexity index is 458. The van der Waals surface area contributed by atoms with E-state index in [2.05, 4.69) is 27.5 Å². The lowest BCUT2D eigenvalue weighted by Crippen LogP contribution is -2.04. The predicted octanol–water partition coefficient (Wildman–Crippen LogP) is 1.85. The number of nitrogens with zero attached hydrogens (tertiary/aromatic N) is 2. The first kappa shape index (κ1) is 11.3. The number of hydrogen-bond donors (Lipinski definition) is 1. The summed E-state index contributed by atoms with van der Waals surface area (Å²) >= 11 is 3.01. The summed E-state index contributed by atoms with van der Waals surface area (Å²) in [6, 6.07) is 1.18. The molecule has 6 nitrogen and oxygen atoms in total. The number of carbonyl (C=O) groups is 1. The van der Waals surface area contributed by atoms with E-state index in [4.69, 9.17) is 5.11 Å². The highest BCUT2D eigenvalue weighted by molar-refractivity contribution is 9.10. The van der Waals surface area contributed by atoms with E-state index >= 15 is 0 Å². The Hall–Kier alpha value is -1.76. The number of rotatable bonds is 3. The number of hydrogen-bond acceptors (Lipinski definition) is 4. The number of halogens is 1. The summed E-state index contributed by atoms with van der Waals surface area (Å²) in [5.74, 6) is -1.34. The van der Waals surface area contributed by atoms with Crippen LogP contribution in [0.2, 0.25) is 0 Å². The van der Waals surface area contributed by atoms with Gasteiger partial charge in [0.2, 0.25) is 0 Å². The highest BCUT2D eigenvalue weighted by Crippen LogP contribution is 2.25. The molecule has 1 aromatic heterocycles. The van der Waals surface area contributed by atoms with Gasteiger partial charge in [0.05, 0.1) is 10.5 Å². The van der Waals surface area contributed by atoms with E-state index in [0.717, 1.165) is 0 Å². The van der Waals surface area contributed by atoms with E-state index in [-0.39, 0.29) is 5.69 Å². The Balaban J connectivity index is 3.35. The molecule has 78 valence electrons. The lowest BCUT2D eigenvalue weighted by atomic mass is 10.1. The third-order valence-corrected chi connectivity index (χ3v) is 2.01. The zero-order chi connectivity index (χ0) is 11.6. The average molecular weight is 273 g/mol. The number of aromatic nitrogens is 1. The Kier molecular flexibility index (Phi) is 3.15. The molecule has 7 heteroatoms. The fraction of sp³-hybridized carbons (Fsp3) is 0. The van der Waals surface area contributed by atoms with Crippen molar-refractivity contribution in [3.05, 3.63) is 39.1 Å². The van der Waals surface area contributed by atoms with Gasteiger partial charge in [-0.25, -0.2) is 9.78 Å². The second kappa shape index (κ2) is 4.18. The Morgan fingerprint density at radius 2 is 2.27 bits per heavy atom. The molecule has 0 saturated carbocycles. The monoisotopic (exact) mass is 272 g/mol. The summed E-state index contributed by atoms with van der Waals surface area (Å²) in [6.45, 7) is 3.22. The standard InChI is InChI=1S/C8H5BrN2O4/c1-4(8(12)13)7-6(11(14)15)2-5(9)3-10-7/h2-3H,1H2,(H,12,13). The molecule has 0 bridgehead atoms. The van der Waals surface area contributed by atoms with Crippen molar-refractivity contribution in [3.63, 3.8) is 0 Å². The van der Waals surface area contributed by atoms with Gasteiger partial charge in [0.1, 0.15) is 0 Å². The van der Waals surface area contributed by atoms with E-state index < -0.39 is 22.2 Å². The topological polar surface area (TPSA) is 93.3 Å². The molecule has 0 aromatic carbocycles. The molecule has 0 aliphatic carbocycles. The SMILES string of the molecule is C=C(C(=O)O)c1ncc(Br)cc1[N+](=O)[O-]. The average Bonchev–Trinajstić information content (AvgIpc) is 2.16. The zero-order valence-electron chi connectivity index (χ0n) is 7.31. The maximum Gasteiger partial charge on any atom is 0.337 e. The fourth-order valence-corrected chi connectivity index (χ4v) is 1.22. The molecule has 1 aromatic rings. The van der Waals surface area contributed by atoms with Crippen LogP contribution < -0.4 is 0 Å². The van der Waals surface area contributed by atoms with Gasteiger partial charge in [-0.3, -0.25) is 10.1 Å². The van der Waals surface area contributed by atoms with Gasteiger partial charge in [0, 0.05) is 16.7 Å². The minimum absolute atomic E-state index is 0.240. The molecule has 0 radical (unpaired) electrons. The van der Waals surface area contributed by atoms with Crippen molar-refractivity contribution in [2.24, 2.45) is 0 Å². The van der Waals surface area contributed by atoms with Gasteiger partial charge < -0.3 is 5.11 Å². The second-order valence-corrected chi connectivity index (χ2v) is 3.48. The van der Waals surface area contributed by atoms with Gasteiger partial charge in [-0.05, 0) is 15.9 Å². The summed E-state index contributed by atoms with van der Waals surface area (Å²) in [6.07, 6.45) is 1.27. The smallest absolute Gasteiger partial charge is 0.337 e. The predicted molar refractivity (Wildman–Crippen MR) is 55.3 cm³/mol. The highest BCUT2D eigenvalue weighted by atomic mass is 79.9. The summed E-state index contributed by atoms with van der Waals surface area (Å²) < 4.78 is 0.399. The van der Waals surface area contributed by atoms with Crippen LogP contribution in [0.1, 0.15) is 5.69 Å². The van der Waals surface area contributed by atoms with Crippen LogP contribution in [-0.4, -0.2) is 21.0 Å². The van der Waals surface area contributed by atoms with Gasteiger partial charge in [-0.15, -0.1) is 0 Å². The zero-order valence-corrected chi connectivity index (χ0v) is 8.89. The van der Waals surface area contributed by atoms with Crippen LogP contribution >= 0.6 is 15.9 Å². The van der Waals surface area contributed by atoms with Crippen LogP contribution in [0, 0.1) is 10.1 Å². The minimum Gasteiger partial charge on any atom is -0.478 e. The van der Waals surface area contributed by atoms with E-state index in [1.807, 2.05) is 0 Å². The quantitative estimate of drug-likeness (QED) is 0.515. The Labute approximate surface area is 92.5 Å². The van der Waals surface area contributed by atoms with Gasteiger partial charge in [0.25, 0.3) is 5.69 Å². The van der Waals surface area contributed by atoms with Crippen molar-refractivity contribution >= 4 is 33.2 Å². The van der Waals surface area contributed by atoms with Crippen LogP contribution in [0.4, 0.5) is 5.69 Å². The summed E-state index contributed by atoms with van der Waals surface area (Å²) in [5.41, 5.74) is -1.04.